The third-order valence-electron chi connectivity index (χ3n) is 2.64. The number of amides is 1. The number of rotatable bonds is 10. The Morgan fingerprint density at radius 1 is 1.23 bits per heavy atom. The SMILES string of the molecule is O=C(CCOCC(F)(F)F)NCCCCNc1ccccn1. The van der Waals surface area contributed by atoms with Gasteiger partial charge in [0.1, 0.15) is 12.4 Å². The largest absolute Gasteiger partial charge is 0.411 e. The first-order valence-electron chi connectivity index (χ1n) is 7.03. The summed E-state index contributed by atoms with van der Waals surface area (Å²) < 4.78 is 39.7. The third kappa shape index (κ3) is 9.98. The molecule has 22 heavy (non-hydrogen) atoms. The topological polar surface area (TPSA) is 63.2 Å². The highest BCUT2D eigenvalue weighted by atomic mass is 19.4. The van der Waals surface area contributed by atoms with E-state index < -0.39 is 12.8 Å². The van der Waals surface area contributed by atoms with Crippen LogP contribution in [0.2, 0.25) is 0 Å². The van der Waals surface area contributed by atoms with Gasteiger partial charge in [-0.05, 0) is 25.0 Å². The van der Waals surface area contributed by atoms with Gasteiger partial charge >= 0.3 is 6.18 Å². The molecule has 1 amide bonds. The van der Waals surface area contributed by atoms with Crippen molar-refractivity contribution in [2.75, 3.05) is 31.6 Å². The van der Waals surface area contributed by atoms with Crippen LogP contribution in [0.15, 0.2) is 24.4 Å². The molecule has 2 N–H and O–H groups in total. The van der Waals surface area contributed by atoms with E-state index in [1.807, 2.05) is 18.2 Å². The van der Waals surface area contributed by atoms with Gasteiger partial charge in [0, 0.05) is 25.7 Å². The molecule has 5 nitrogen and oxygen atoms in total. The highest BCUT2D eigenvalue weighted by molar-refractivity contribution is 5.75. The summed E-state index contributed by atoms with van der Waals surface area (Å²) in [5, 5.41) is 5.77. The summed E-state index contributed by atoms with van der Waals surface area (Å²) in [5.74, 6) is 0.494. The minimum Gasteiger partial charge on any atom is -0.372 e. The van der Waals surface area contributed by atoms with Gasteiger partial charge in [0.15, 0.2) is 0 Å². The molecule has 1 rings (SSSR count). The minimum atomic E-state index is -4.35. The molecule has 0 saturated heterocycles. The van der Waals surface area contributed by atoms with Crippen LogP contribution in [0.3, 0.4) is 0 Å². The molecule has 1 aromatic heterocycles. The maximum Gasteiger partial charge on any atom is 0.411 e. The predicted octanol–water partition coefficient (Wildman–Crippen LogP) is 2.36. The van der Waals surface area contributed by atoms with Crippen LogP contribution in [-0.4, -0.2) is 43.4 Å². The molecule has 0 bridgehead atoms. The van der Waals surface area contributed by atoms with E-state index in [4.69, 9.17) is 0 Å². The van der Waals surface area contributed by atoms with Crippen LogP contribution in [0.1, 0.15) is 19.3 Å². The Morgan fingerprint density at radius 3 is 2.68 bits per heavy atom. The fraction of sp³-hybridized carbons (Fsp3) is 0.571. The van der Waals surface area contributed by atoms with Gasteiger partial charge in [-0.25, -0.2) is 4.98 Å². The zero-order valence-corrected chi connectivity index (χ0v) is 12.2. The number of ether oxygens (including phenoxy) is 1. The molecular formula is C14H20F3N3O2. The Hall–Kier alpha value is -1.83. The lowest BCUT2D eigenvalue weighted by Crippen LogP contribution is -2.26. The maximum atomic E-state index is 11.8. The number of aromatic nitrogens is 1. The summed E-state index contributed by atoms with van der Waals surface area (Å²) in [7, 11) is 0. The van der Waals surface area contributed by atoms with Crippen molar-refractivity contribution in [2.45, 2.75) is 25.4 Å². The molecule has 0 aliphatic carbocycles. The molecule has 0 aliphatic rings. The summed E-state index contributed by atoms with van der Waals surface area (Å²) in [6.45, 7) is -0.324. The zero-order chi connectivity index (χ0) is 16.3. The van der Waals surface area contributed by atoms with Crippen LogP contribution in [0.4, 0.5) is 19.0 Å². The standard InChI is InChI=1S/C14H20F3N3O2/c15-14(16,17)11-22-10-6-13(21)20-9-4-3-8-19-12-5-1-2-7-18-12/h1-2,5,7H,3-4,6,8-11H2,(H,18,19)(H,20,21). The second kappa shape index (κ2) is 9.99. The molecule has 0 aromatic carbocycles. The lowest BCUT2D eigenvalue weighted by molar-refractivity contribution is -0.174. The molecule has 0 aliphatic heterocycles. The maximum absolute atomic E-state index is 11.8. The average Bonchev–Trinajstić information content (AvgIpc) is 2.47. The van der Waals surface area contributed by atoms with Gasteiger partial charge in [-0.2, -0.15) is 13.2 Å². The molecule has 0 saturated carbocycles. The summed E-state index contributed by atoms with van der Waals surface area (Å²) in [6.07, 6.45) is -1.10. The van der Waals surface area contributed by atoms with Gasteiger partial charge in [-0.3, -0.25) is 4.79 Å². The van der Waals surface area contributed by atoms with Crippen molar-refractivity contribution in [3.63, 3.8) is 0 Å². The quantitative estimate of drug-likeness (QED) is 0.650. The fourth-order valence-corrected chi connectivity index (χ4v) is 1.60. The number of carbonyl (C=O) groups is 1. The lowest BCUT2D eigenvalue weighted by atomic mass is 10.3. The smallest absolute Gasteiger partial charge is 0.372 e. The van der Waals surface area contributed by atoms with E-state index in [0.29, 0.717) is 6.54 Å². The van der Waals surface area contributed by atoms with Crippen LogP contribution in [0, 0.1) is 0 Å². The molecule has 8 heteroatoms. The van der Waals surface area contributed by atoms with E-state index in [0.717, 1.165) is 25.2 Å². The second-order valence-corrected chi connectivity index (χ2v) is 4.62. The highest BCUT2D eigenvalue weighted by Crippen LogP contribution is 2.14. The summed E-state index contributed by atoms with van der Waals surface area (Å²) in [5.41, 5.74) is 0. The Morgan fingerprint density at radius 2 is 2.00 bits per heavy atom. The number of unbranched alkanes of at least 4 members (excludes halogenated alkanes) is 1. The van der Waals surface area contributed by atoms with Crippen molar-refractivity contribution in [1.82, 2.24) is 10.3 Å². The van der Waals surface area contributed by atoms with Crippen LogP contribution in [0.5, 0.6) is 0 Å². The first-order chi connectivity index (χ1) is 10.5. The van der Waals surface area contributed by atoms with E-state index in [1.165, 1.54) is 0 Å². The Bertz CT molecular complexity index is 427. The zero-order valence-electron chi connectivity index (χ0n) is 12.2. The highest BCUT2D eigenvalue weighted by Gasteiger charge is 2.27. The van der Waals surface area contributed by atoms with Gasteiger partial charge in [-0.1, -0.05) is 6.07 Å². The molecule has 1 heterocycles. The number of halogens is 3. The number of hydrogen-bond donors (Lipinski definition) is 2. The number of nitrogens with one attached hydrogen (secondary N) is 2. The number of nitrogens with zero attached hydrogens (tertiary/aromatic N) is 1. The minimum absolute atomic E-state index is 0.0672. The van der Waals surface area contributed by atoms with Gasteiger partial charge in [0.2, 0.25) is 5.91 Å². The van der Waals surface area contributed by atoms with Gasteiger partial charge in [-0.15, -0.1) is 0 Å². The number of pyridine rings is 1. The second-order valence-electron chi connectivity index (χ2n) is 4.62. The van der Waals surface area contributed by atoms with Crippen molar-refractivity contribution in [2.24, 2.45) is 0 Å². The Kier molecular flexibility index (Phi) is 8.27. The Labute approximate surface area is 127 Å². The van der Waals surface area contributed by atoms with Gasteiger partial charge in [0.05, 0.1) is 6.61 Å². The first kappa shape index (κ1) is 18.2. The van der Waals surface area contributed by atoms with Crippen molar-refractivity contribution in [3.8, 4) is 0 Å². The van der Waals surface area contributed by atoms with E-state index in [1.54, 1.807) is 6.20 Å². The van der Waals surface area contributed by atoms with Crippen LogP contribution in [-0.2, 0) is 9.53 Å². The predicted molar refractivity (Wildman–Crippen MR) is 76.5 cm³/mol. The van der Waals surface area contributed by atoms with Crippen molar-refractivity contribution >= 4 is 11.7 Å². The summed E-state index contributed by atoms with van der Waals surface area (Å²) >= 11 is 0. The number of hydrogen-bond acceptors (Lipinski definition) is 4. The summed E-state index contributed by atoms with van der Waals surface area (Å²) in [6, 6.07) is 5.58. The normalized spacial score (nSPS) is 11.2. The van der Waals surface area contributed by atoms with Crippen molar-refractivity contribution in [3.05, 3.63) is 24.4 Å². The van der Waals surface area contributed by atoms with E-state index in [2.05, 4.69) is 20.4 Å². The number of carbonyl (C=O) groups excluding carboxylic acids is 1. The van der Waals surface area contributed by atoms with E-state index in [-0.39, 0.29) is 18.9 Å². The average molecular weight is 319 g/mol. The summed E-state index contributed by atoms with van der Waals surface area (Å²) in [4.78, 5) is 15.4. The molecule has 124 valence electrons. The fourth-order valence-electron chi connectivity index (χ4n) is 1.60. The number of anilines is 1. The molecule has 0 unspecified atom stereocenters. The first-order valence-corrected chi connectivity index (χ1v) is 7.03. The lowest BCUT2D eigenvalue weighted by Gasteiger charge is -2.08. The third-order valence-corrected chi connectivity index (χ3v) is 2.64. The molecular weight excluding hydrogens is 299 g/mol. The molecule has 1 aromatic rings. The van der Waals surface area contributed by atoms with E-state index in [9.17, 15) is 18.0 Å². The molecule has 0 spiro atoms. The van der Waals surface area contributed by atoms with E-state index >= 15 is 0 Å². The van der Waals surface area contributed by atoms with Crippen LogP contribution in [0.25, 0.3) is 0 Å². The van der Waals surface area contributed by atoms with Gasteiger partial charge in [0.25, 0.3) is 0 Å². The molecule has 0 radical (unpaired) electrons. The van der Waals surface area contributed by atoms with Crippen LogP contribution >= 0.6 is 0 Å². The van der Waals surface area contributed by atoms with Crippen molar-refractivity contribution < 1.29 is 22.7 Å². The number of alkyl halides is 3. The molecule has 0 fully saturated rings. The molecule has 0 atom stereocenters. The van der Waals surface area contributed by atoms with Gasteiger partial charge < -0.3 is 15.4 Å². The van der Waals surface area contributed by atoms with Crippen LogP contribution < -0.4 is 10.6 Å². The Balaban J connectivity index is 1.92. The van der Waals surface area contributed by atoms with Crippen molar-refractivity contribution in [1.29, 1.82) is 0 Å². The monoisotopic (exact) mass is 319 g/mol.